The van der Waals surface area contributed by atoms with Gasteiger partial charge in [0.15, 0.2) is 10.9 Å². The number of nitrogens with one attached hydrogen (secondary N) is 2. The summed E-state index contributed by atoms with van der Waals surface area (Å²) in [7, 11) is 0. The van der Waals surface area contributed by atoms with Crippen LogP contribution >= 0.6 is 12.2 Å². The van der Waals surface area contributed by atoms with Gasteiger partial charge in [-0.15, -0.1) is 10.2 Å². The molecule has 0 saturated heterocycles. The predicted octanol–water partition coefficient (Wildman–Crippen LogP) is 5.01. The van der Waals surface area contributed by atoms with Crippen LogP contribution in [-0.2, 0) is 0 Å². The molecule has 11 nitrogen and oxygen atoms in total. The van der Waals surface area contributed by atoms with E-state index in [1.54, 1.807) is 17.8 Å². The van der Waals surface area contributed by atoms with Gasteiger partial charge in [-0.25, -0.2) is 0 Å². The minimum absolute atomic E-state index is 0.0402. The van der Waals surface area contributed by atoms with Crippen LogP contribution in [0.2, 0.25) is 0 Å². The van der Waals surface area contributed by atoms with Gasteiger partial charge in [-0.05, 0) is 94.0 Å². The molecule has 1 aromatic heterocycles. The number of carbonyl (C=O) groups is 1. The molecular weight excluding hydrogens is 518 g/mol. The van der Waals surface area contributed by atoms with Crippen molar-refractivity contribution >= 4 is 51.3 Å². The topological polar surface area (TPSA) is 127 Å². The summed E-state index contributed by atoms with van der Waals surface area (Å²) in [6, 6.07) is 15.7. The number of nitrogens with zero attached hydrogens (tertiary/aromatic N) is 5. The van der Waals surface area contributed by atoms with Crippen LogP contribution in [0.25, 0.3) is 16.7 Å². The molecule has 1 heterocycles. The molecule has 39 heavy (non-hydrogen) atoms. The van der Waals surface area contributed by atoms with E-state index in [9.17, 15) is 14.9 Å². The second-order valence-electron chi connectivity index (χ2n) is 8.61. The smallest absolute Gasteiger partial charge is 0.311 e. The van der Waals surface area contributed by atoms with E-state index < -0.39 is 10.8 Å². The van der Waals surface area contributed by atoms with Crippen molar-refractivity contribution < 1.29 is 14.5 Å². The zero-order valence-corrected chi connectivity index (χ0v) is 22.9. The Morgan fingerprint density at radius 3 is 2.33 bits per heavy atom. The van der Waals surface area contributed by atoms with Gasteiger partial charge in [-0.3, -0.25) is 20.2 Å². The molecule has 0 aliphatic rings. The molecule has 2 N–H and O–H groups in total. The first-order valence-electron chi connectivity index (χ1n) is 12.5. The van der Waals surface area contributed by atoms with Crippen molar-refractivity contribution in [3.05, 3.63) is 75.8 Å². The zero-order chi connectivity index (χ0) is 28.1. The summed E-state index contributed by atoms with van der Waals surface area (Å²) in [5, 5.41) is 26.2. The Morgan fingerprint density at radius 2 is 1.72 bits per heavy atom. The number of nitro groups is 1. The number of fused-ring (bicyclic) bond motifs is 1. The van der Waals surface area contributed by atoms with Crippen molar-refractivity contribution in [1.82, 2.24) is 20.3 Å². The van der Waals surface area contributed by atoms with Gasteiger partial charge in [0.1, 0.15) is 11.0 Å². The normalized spacial score (nSPS) is 10.8. The quantitative estimate of drug-likeness (QED) is 0.169. The van der Waals surface area contributed by atoms with Crippen molar-refractivity contribution in [1.29, 1.82) is 0 Å². The molecule has 0 aliphatic carbocycles. The summed E-state index contributed by atoms with van der Waals surface area (Å²) in [6.45, 7) is 9.97. The number of hydrogen-bond acceptors (Lipinski definition) is 8. The lowest BCUT2D eigenvalue weighted by atomic mass is 10.1. The van der Waals surface area contributed by atoms with E-state index >= 15 is 0 Å². The maximum atomic E-state index is 12.7. The first kappa shape index (κ1) is 27.5. The number of nitro benzene ring substituents is 1. The van der Waals surface area contributed by atoms with Crippen LogP contribution < -0.4 is 20.3 Å². The maximum Gasteiger partial charge on any atom is 0.311 e. The molecule has 0 bridgehead atoms. The van der Waals surface area contributed by atoms with Crippen LogP contribution in [0.5, 0.6) is 5.75 Å². The van der Waals surface area contributed by atoms with Gasteiger partial charge in [0, 0.05) is 36.1 Å². The van der Waals surface area contributed by atoms with Crippen molar-refractivity contribution in [3.8, 4) is 11.4 Å². The highest BCUT2D eigenvalue weighted by molar-refractivity contribution is 7.80. The highest BCUT2D eigenvalue weighted by Gasteiger charge is 2.19. The maximum absolute atomic E-state index is 12.7. The molecule has 0 fully saturated rings. The lowest BCUT2D eigenvalue weighted by Gasteiger charge is -2.20. The fourth-order valence-corrected chi connectivity index (χ4v) is 4.31. The molecule has 0 atom stereocenters. The van der Waals surface area contributed by atoms with Gasteiger partial charge in [0.05, 0.1) is 17.2 Å². The van der Waals surface area contributed by atoms with Crippen molar-refractivity contribution in [2.75, 3.05) is 29.9 Å². The molecule has 4 aromatic rings. The van der Waals surface area contributed by atoms with E-state index in [-0.39, 0.29) is 28.7 Å². The molecule has 0 radical (unpaired) electrons. The van der Waals surface area contributed by atoms with Gasteiger partial charge < -0.3 is 15.0 Å². The Balaban J connectivity index is 1.49. The van der Waals surface area contributed by atoms with Gasteiger partial charge in [0.25, 0.3) is 5.91 Å². The number of carbonyl (C=O) groups excluding carboxylic acids is 1. The second kappa shape index (κ2) is 11.9. The standard InChI is InChI=1S/C27H29N7O4S/c1-5-32(6-2)19-9-11-20(12-10-19)33-30-22-14-17(4)21(16-23(22)31-33)28-27(39)29-26(35)18-8-13-25(38-7-3)24(15-18)34(36)37/h8-16H,5-7H2,1-4H3,(H2,28,29,35,39). The highest BCUT2D eigenvalue weighted by Crippen LogP contribution is 2.28. The number of aryl methyl sites for hydroxylation is 1. The third-order valence-electron chi connectivity index (χ3n) is 6.13. The minimum Gasteiger partial charge on any atom is -0.487 e. The van der Waals surface area contributed by atoms with E-state index in [1.165, 1.54) is 12.1 Å². The third-order valence-corrected chi connectivity index (χ3v) is 6.33. The molecule has 202 valence electrons. The number of benzene rings is 3. The average Bonchev–Trinajstić information content (AvgIpc) is 3.32. The number of anilines is 2. The summed E-state index contributed by atoms with van der Waals surface area (Å²) in [4.78, 5) is 27.3. The molecule has 0 aliphatic heterocycles. The monoisotopic (exact) mass is 547 g/mol. The molecule has 0 spiro atoms. The van der Waals surface area contributed by atoms with E-state index in [0.717, 1.165) is 36.1 Å². The fourth-order valence-electron chi connectivity index (χ4n) is 4.11. The predicted molar refractivity (Wildman–Crippen MR) is 155 cm³/mol. The summed E-state index contributed by atoms with van der Waals surface area (Å²) in [6.07, 6.45) is 0. The van der Waals surface area contributed by atoms with E-state index in [1.807, 2.05) is 25.1 Å². The SMILES string of the molecule is CCOc1ccc(C(=O)NC(=S)Nc2cc3nn(-c4ccc(N(CC)CC)cc4)nc3cc2C)cc1[N+](=O)[O-]. The molecule has 0 unspecified atom stereocenters. The molecule has 12 heteroatoms. The Kier molecular flexibility index (Phi) is 8.35. The molecule has 4 rings (SSSR count). The van der Waals surface area contributed by atoms with E-state index in [2.05, 4.69) is 51.7 Å². The van der Waals surface area contributed by atoms with Crippen LogP contribution in [0.15, 0.2) is 54.6 Å². The summed E-state index contributed by atoms with van der Waals surface area (Å²) in [5.41, 5.74) is 4.61. The van der Waals surface area contributed by atoms with E-state index in [4.69, 9.17) is 17.0 Å². The summed E-state index contributed by atoms with van der Waals surface area (Å²) < 4.78 is 5.27. The average molecular weight is 548 g/mol. The third kappa shape index (κ3) is 6.12. The van der Waals surface area contributed by atoms with Crippen LogP contribution in [0.4, 0.5) is 17.1 Å². The van der Waals surface area contributed by atoms with Crippen LogP contribution in [0.1, 0.15) is 36.7 Å². The van der Waals surface area contributed by atoms with Crippen molar-refractivity contribution in [3.63, 3.8) is 0 Å². The number of rotatable bonds is 9. The van der Waals surface area contributed by atoms with Crippen LogP contribution in [0, 0.1) is 17.0 Å². The Labute approximate surface area is 230 Å². The number of hydrogen-bond donors (Lipinski definition) is 2. The molecule has 3 aromatic carbocycles. The molecule has 0 saturated carbocycles. The lowest BCUT2D eigenvalue weighted by molar-refractivity contribution is -0.385. The van der Waals surface area contributed by atoms with Gasteiger partial charge in [0.2, 0.25) is 0 Å². The first-order valence-corrected chi connectivity index (χ1v) is 12.9. The van der Waals surface area contributed by atoms with Gasteiger partial charge >= 0.3 is 5.69 Å². The number of thiocarbonyl (C=S) groups is 1. The highest BCUT2D eigenvalue weighted by atomic mass is 32.1. The second-order valence-corrected chi connectivity index (χ2v) is 9.02. The van der Waals surface area contributed by atoms with Crippen molar-refractivity contribution in [2.45, 2.75) is 27.7 Å². The summed E-state index contributed by atoms with van der Waals surface area (Å²) >= 11 is 5.33. The van der Waals surface area contributed by atoms with Gasteiger partial charge in [-0.2, -0.15) is 4.80 Å². The number of ether oxygens (including phenoxy) is 1. The Hall–Kier alpha value is -4.58. The number of amides is 1. The lowest BCUT2D eigenvalue weighted by Crippen LogP contribution is -2.34. The largest absolute Gasteiger partial charge is 0.487 e. The fraction of sp³-hybridized carbons (Fsp3) is 0.259. The molecular formula is C27H29N7O4S. The summed E-state index contributed by atoms with van der Waals surface area (Å²) in [5.74, 6) is -0.493. The van der Waals surface area contributed by atoms with E-state index in [0.29, 0.717) is 16.7 Å². The van der Waals surface area contributed by atoms with Gasteiger partial charge in [-0.1, -0.05) is 0 Å². The van der Waals surface area contributed by atoms with Crippen LogP contribution in [0.3, 0.4) is 0 Å². The zero-order valence-electron chi connectivity index (χ0n) is 22.1. The van der Waals surface area contributed by atoms with Crippen molar-refractivity contribution in [2.24, 2.45) is 0 Å². The van der Waals surface area contributed by atoms with Crippen LogP contribution in [-0.4, -0.2) is 50.6 Å². The Morgan fingerprint density at radius 1 is 1.05 bits per heavy atom. The number of aromatic nitrogens is 3. The first-order chi connectivity index (χ1) is 18.7. The Bertz CT molecular complexity index is 1530. The minimum atomic E-state index is -0.594. The molecule has 1 amide bonds.